The van der Waals surface area contributed by atoms with E-state index >= 15 is 0 Å². The molecule has 0 radical (unpaired) electrons. The average molecular weight is 251 g/mol. The molecular weight excluding hydrogens is 237 g/mol. The van der Waals surface area contributed by atoms with E-state index in [1.807, 2.05) is 0 Å². The van der Waals surface area contributed by atoms with Crippen molar-refractivity contribution in [2.45, 2.75) is 26.5 Å². The van der Waals surface area contributed by atoms with Crippen LogP contribution in [-0.4, -0.2) is 10.2 Å². The van der Waals surface area contributed by atoms with Crippen molar-refractivity contribution >= 4 is 0 Å². The molecule has 1 heterocycles. The number of ether oxygens (including phenoxy) is 1. The number of aromatic nitrogens is 2. The summed E-state index contributed by atoms with van der Waals surface area (Å²) in [7, 11) is 0. The van der Waals surface area contributed by atoms with Gasteiger partial charge in [0.1, 0.15) is 11.6 Å². The Morgan fingerprint density at radius 3 is 2.78 bits per heavy atom. The van der Waals surface area contributed by atoms with Gasteiger partial charge in [-0.3, -0.25) is 0 Å². The third kappa shape index (κ3) is 2.84. The number of benzene rings is 1. The van der Waals surface area contributed by atoms with E-state index in [0.29, 0.717) is 23.1 Å². The fourth-order valence-corrected chi connectivity index (χ4v) is 1.51. The molecule has 0 aliphatic carbocycles. The highest BCUT2D eigenvalue weighted by Gasteiger charge is 2.09. The van der Waals surface area contributed by atoms with Crippen LogP contribution >= 0.6 is 0 Å². The van der Waals surface area contributed by atoms with Crippen LogP contribution in [0, 0.1) is 12.7 Å². The van der Waals surface area contributed by atoms with Crippen LogP contribution in [0.5, 0.6) is 5.75 Å². The lowest BCUT2D eigenvalue weighted by Crippen LogP contribution is -2.07. The first-order valence-electron chi connectivity index (χ1n) is 5.53. The number of rotatable bonds is 4. The van der Waals surface area contributed by atoms with Gasteiger partial charge in [0.05, 0.1) is 0 Å². The Balaban J connectivity index is 2.04. The summed E-state index contributed by atoms with van der Waals surface area (Å²) < 4.78 is 24.1. The molecule has 2 aromatic rings. The quantitative estimate of drug-likeness (QED) is 0.900. The zero-order valence-corrected chi connectivity index (χ0v) is 10.2. The van der Waals surface area contributed by atoms with Crippen LogP contribution in [0.15, 0.2) is 22.6 Å². The third-order valence-corrected chi connectivity index (χ3v) is 2.39. The molecule has 1 atom stereocenters. The first-order valence-corrected chi connectivity index (χ1v) is 5.53. The maximum Gasteiger partial charge on any atom is 0.253 e. The fourth-order valence-electron chi connectivity index (χ4n) is 1.51. The normalized spacial score (nSPS) is 12.4. The molecule has 1 aromatic heterocycles. The second-order valence-corrected chi connectivity index (χ2v) is 3.98. The van der Waals surface area contributed by atoms with Crippen molar-refractivity contribution < 1.29 is 13.5 Å². The summed E-state index contributed by atoms with van der Waals surface area (Å²) >= 11 is 0. The lowest BCUT2D eigenvalue weighted by molar-refractivity contribution is 0.259. The van der Waals surface area contributed by atoms with Crippen LogP contribution in [0.25, 0.3) is 0 Å². The molecule has 2 rings (SSSR count). The van der Waals surface area contributed by atoms with Crippen molar-refractivity contribution in [2.24, 2.45) is 5.73 Å². The molecule has 1 aromatic carbocycles. The highest BCUT2D eigenvalue weighted by atomic mass is 19.1. The van der Waals surface area contributed by atoms with Gasteiger partial charge in [-0.2, -0.15) is 0 Å². The molecule has 0 unspecified atom stereocenters. The van der Waals surface area contributed by atoms with Crippen LogP contribution < -0.4 is 10.5 Å². The van der Waals surface area contributed by atoms with Crippen LogP contribution in [0.1, 0.15) is 30.3 Å². The van der Waals surface area contributed by atoms with Gasteiger partial charge in [-0.05, 0) is 13.0 Å². The molecule has 0 aliphatic heterocycles. The SMILES string of the molecule is Cc1nnc(COc2ccc([C@@H](C)N)c(F)c2)o1. The number of halogens is 1. The fraction of sp³-hybridized carbons (Fsp3) is 0.333. The van der Waals surface area contributed by atoms with Gasteiger partial charge in [0.15, 0.2) is 6.61 Å². The first kappa shape index (κ1) is 12.5. The van der Waals surface area contributed by atoms with Gasteiger partial charge < -0.3 is 14.9 Å². The van der Waals surface area contributed by atoms with E-state index in [1.54, 1.807) is 26.0 Å². The molecule has 0 saturated heterocycles. The molecule has 6 heteroatoms. The monoisotopic (exact) mass is 251 g/mol. The van der Waals surface area contributed by atoms with Crippen LogP contribution in [-0.2, 0) is 6.61 Å². The van der Waals surface area contributed by atoms with Gasteiger partial charge in [0, 0.05) is 24.6 Å². The number of hydrogen-bond donors (Lipinski definition) is 1. The van der Waals surface area contributed by atoms with Crippen molar-refractivity contribution in [3.05, 3.63) is 41.4 Å². The maximum absolute atomic E-state index is 13.6. The molecule has 0 saturated carbocycles. The Labute approximate surface area is 104 Å². The average Bonchev–Trinajstić information content (AvgIpc) is 2.72. The molecule has 96 valence electrons. The molecule has 2 N–H and O–H groups in total. The molecule has 0 spiro atoms. The molecule has 0 aliphatic rings. The molecular formula is C12H14FN3O2. The number of nitrogens with two attached hydrogens (primary N) is 1. The van der Waals surface area contributed by atoms with Crippen LogP contribution in [0.2, 0.25) is 0 Å². The van der Waals surface area contributed by atoms with Gasteiger partial charge >= 0.3 is 0 Å². The second-order valence-electron chi connectivity index (χ2n) is 3.98. The van der Waals surface area contributed by atoms with E-state index in [9.17, 15) is 4.39 Å². The minimum atomic E-state index is -0.385. The Morgan fingerprint density at radius 2 is 2.22 bits per heavy atom. The summed E-state index contributed by atoms with van der Waals surface area (Å²) in [5.41, 5.74) is 6.07. The summed E-state index contributed by atoms with van der Waals surface area (Å²) in [6.45, 7) is 3.52. The molecule has 18 heavy (non-hydrogen) atoms. The molecule has 0 fully saturated rings. The second kappa shape index (κ2) is 5.14. The molecule has 5 nitrogen and oxygen atoms in total. The highest BCUT2D eigenvalue weighted by molar-refractivity contribution is 5.30. The van der Waals surface area contributed by atoms with E-state index in [-0.39, 0.29) is 18.5 Å². The highest BCUT2D eigenvalue weighted by Crippen LogP contribution is 2.21. The van der Waals surface area contributed by atoms with E-state index < -0.39 is 0 Å². The van der Waals surface area contributed by atoms with E-state index in [2.05, 4.69) is 10.2 Å². The predicted octanol–water partition coefficient (Wildman–Crippen LogP) is 2.12. The smallest absolute Gasteiger partial charge is 0.253 e. The summed E-state index contributed by atoms with van der Waals surface area (Å²) in [5.74, 6) is 0.827. The standard InChI is InChI=1S/C12H14FN3O2/c1-7(14)10-4-3-9(5-11(10)13)17-6-12-16-15-8(2)18-12/h3-5,7H,6,14H2,1-2H3/t7-/m1/s1. The summed E-state index contributed by atoms with van der Waals surface area (Å²) in [5, 5.41) is 7.44. The minimum absolute atomic E-state index is 0.109. The zero-order chi connectivity index (χ0) is 13.1. The lowest BCUT2D eigenvalue weighted by atomic mass is 10.1. The Bertz CT molecular complexity index is 540. The first-order chi connectivity index (χ1) is 8.56. The Morgan fingerprint density at radius 1 is 1.44 bits per heavy atom. The van der Waals surface area contributed by atoms with Crippen molar-refractivity contribution in [3.63, 3.8) is 0 Å². The van der Waals surface area contributed by atoms with Crippen LogP contribution in [0.4, 0.5) is 4.39 Å². The van der Waals surface area contributed by atoms with Gasteiger partial charge in [0.25, 0.3) is 5.89 Å². The number of hydrogen-bond acceptors (Lipinski definition) is 5. The van der Waals surface area contributed by atoms with Crippen molar-refractivity contribution in [2.75, 3.05) is 0 Å². The number of nitrogens with zero attached hydrogens (tertiary/aromatic N) is 2. The van der Waals surface area contributed by atoms with E-state index in [4.69, 9.17) is 14.9 Å². The Hall–Kier alpha value is -1.95. The van der Waals surface area contributed by atoms with E-state index in [0.717, 1.165) is 0 Å². The van der Waals surface area contributed by atoms with Crippen LogP contribution in [0.3, 0.4) is 0 Å². The van der Waals surface area contributed by atoms with Crippen molar-refractivity contribution in [1.29, 1.82) is 0 Å². The Kier molecular flexibility index (Phi) is 3.57. The van der Waals surface area contributed by atoms with Gasteiger partial charge in [-0.25, -0.2) is 4.39 Å². The topological polar surface area (TPSA) is 74.2 Å². The molecule has 0 amide bonds. The summed E-state index contributed by atoms with van der Waals surface area (Å²) in [6, 6.07) is 4.21. The summed E-state index contributed by atoms with van der Waals surface area (Å²) in [6.07, 6.45) is 0. The number of aryl methyl sites for hydroxylation is 1. The minimum Gasteiger partial charge on any atom is -0.484 e. The summed E-state index contributed by atoms with van der Waals surface area (Å²) in [4.78, 5) is 0. The lowest BCUT2D eigenvalue weighted by Gasteiger charge is -2.09. The van der Waals surface area contributed by atoms with Gasteiger partial charge in [-0.15, -0.1) is 10.2 Å². The molecule has 0 bridgehead atoms. The largest absolute Gasteiger partial charge is 0.484 e. The third-order valence-electron chi connectivity index (χ3n) is 2.39. The maximum atomic E-state index is 13.6. The zero-order valence-electron chi connectivity index (χ0n) is 10.2. The van der Waals surface area contributed by atoms with Gasteiger partial charge in [-0.1, -0.05) is 6.07 Å². The van der Waals surface area contributed by atoms with E-state index in [1.165, 1.54) is 6.07 Å². The van der Waals surface area contributed by atoms with Gasteiger partial charge in [0.2, 0.25) is 5.89 Å². The van der Waals surface area contributed by atoms with Crippen molar-refractivity contribution in [3.8, 4) is 5.75 Å². The predicted molar refractivity (Wildman–Crippen MR) is 62.4 cm³/mol. The van der Waals surface area contributed by atoms with Crippen molar-refractivity contribution in [1.82, 2.24) is 10.2 Å².